The molecule has 2 aromatic carbocycles. The second kappa shape index (κ2) is 10.5. The first-order valence-corrected chi connectivity index (χ1v) is 15.8. The van der Waals surface area contributed by atoms with Crippen LogP contribution in [0.1, 0.15) is 42.5 Å². The number of hydrogen-bond donors (Lipinski definition) is 2. The van der Waals surface area contributed by atoms with Gasteiger partial charge in [-0.2, -0.15) is 5.10 Å². The van der Waals surface area contributed by atoms with Gasteiger partial charge in [-0.15, -0.1) is 0 Å². The van der Waals surface area contributed by atoms with Crippen molar-refractivity contribution in [2.75, 3.05) is 13.7 Å². The normalized spacial score (nSPS) is 21.0. The van der Waals surface area contributed by atoms with Gasteiger partial charge in [0.05, 0.1) is 24.5 Å². The van der Waals surface area contributed by atoms with E-state index in [1.807, 2.05) is 36.5 Å². The van der Waals surface area contributed by atoms with Crippen molar-refractivity contribution in [1.82, 2.24) is 28.8 Å². The number of imidazole rings is 1. The first-order valence-electron chi connectivity index (χ1n) is 15.8. The van der Waals surface area contributed by atoms with Crippen molar-refractivity contribution in [3.05, 3.63) is 54.4 Å². The molecule has 3 aliphatic rings. The predicted octanol–water partition coefficient (Wildman–Crippen LogP) is 3.91. The van der Waals surface area contributed by atoms with Crippen LogP contribution in [-0.4, -0.2) is 66.4 Å². The van der Waals surface area contributed by atoms with Crippen molar-refractivity contribution < 1.29 is 14.3 Å². The number of piperidine rings is 1. The number of rotatable bonds is 9. The van der Waals surface area contributed by atoms with Crippen molar-refractivity contribution >= 4 is 33.8 Å². The van der Waals surface area contributed by atoms with Crippen LogP contribution >= 0.6 is 0 Å². The molecule has 8 rings (SSSR count). The van der Waals surface area contributed by atoms with E-state index in [0.29, 0.717) is 29.7 Å². The Kier molecular flexibility index (Phi) is 6.49. The lowest BCUT2D eigenvalue weighted by molar-refractivity contribution is -0.118. The van der Waals surface area contributed by atoms with Gasteiger partial charge in [0, 0.05) is 73.4 Å². The van der Waals surface area contributed by atoms with Gasteiger partial charge in [0.15, 0.2) is 5.82 Å². The van der Waals surface area contributed by atoms with Crippen LogP contribution in [0.2, 0.25) is 0 Å². The monoisotopic (exact) mass is 606 g/mol. The van der Waals surface area contributed by atoms with Crippen molar-refractivity contribution in [2.24, 2.45) is 30.4 Å². The second-order valence-corrected chi connectivity index (χ2v) is 13.0. The van der Waals surface area contributed by atoms with Crippen molar-refractivity contribution in [2.45, 2.75) is 57.3 Å². The number of primary amides is 1. The molecule has 1 aliphatic heterocycles. The molecule has 11 heteroatoms. The molecule has 3 fully saturated rings. The minimum atomic E-state index is -0.343. The summed E-state index contributed by atoms with van der Waals surface area (Å²) < 4.78 is 12.1. The van der Waals surface area contributed by atoms with Gasteiger partial charge in [0.25, 0.3) is 5.91 Å². The summed E-state index contributed by atoms with van der Waals surface area (Å²) in [7, 11) is 3.66. The summed E-state index contributed by atoms with van der Waals surface area (Å²) in [6, 6.07) is 12.6. The molecule has 1 saturated heterocycles. The highest BCUT2D eigenvalue weighted by atomic mass is 16.5. The van der Waals surface area contributed by atoms with E-state index < -0.39 is 0 Å². The van der Waals surface area contributed by atoms with E-state index in [9.17, 15) is 9.59 Å². The summed E-state index contributed by atoms with van der Waals surface area (Å²) in [5.74, 6) is 2.13. The minimum Gasteiger partial charge on any atom is -0.494 e. The van der Waals surface area contributed by atoms with Crippen LogP contribution in [0.15, 0.2) is 48.8 Å². The van der Waals surface area contributed by atoms with Crippen molar-refractivity contribution in [3.8, 4) is 28.4 Å². The van der Waals surface area contributed by atoms with E-state index in [2.05, 4.69) is 38.5 Å². The fraction of sp³-hybridized carbons (Fsp3) is 0.412. The van der Waals surface area contributed by atoms with E-state index in [1.165, 1.54) is 12.8 Å². The lowest BCUT2D eigenvalue weighted by atomic mass is 10.1. The minimum absolute atomic E-state index is 0.00150. The molecule has 3 atom stereocenters. The SMILES string of the molecule is COc1cc(C(=O)N2CC3CCC2[C@@H]3N)cc2nc(-c3cc4ccc(-c5cnn(CCC(N)=O)c5)cc4n3CC3CC3)n(C)c12. The van der Waals surface area contributed by atoms with Gasteiger partial charge in [0.1, 0.15) is 11.3 Å². The second-order valence-electron chi connectivity index (χ2n) is 13.0. The Morgan fingerprint density at radius 3 is 2.62 bits per heavy atom. The number of carbonyl (C=O) groups excluding carboxylic acids is 2. The first kappa shape index (κ1) is 27.9. The molecule has 45 heavy (non-hydrogen) atoms. The molecule has 4 N–H and O–H groups in total. The summed E-state index contributed by atoms with van der Waals surface area (Å²) in [6.45, 7) is 2.08. The number of ether oxygens (including phenoxy) is 1. The Morgan fingerprint density at radius 1 is 1.07 bits per heavy atom. The summed E-state index contributed by atoms with van der Waals surface area (Å²) in [5.41, 5.74) is 18.1. The molecule has 4 heterocycles. The summed E-state index contributed by atoms with van der Waals surface area (Å²) in [6.07, 6.45) is 8.53. The molecule has 0 spiro atoms. The standard InChI is InChI=1S/C34H38N8O3/c1-39-32-25(11-23(14-29(32)45-2)34(44)42-18-22-7-8-26(42)31(22)36)38-33(39)28-13-21-6-5-20(12-27(21)41(28)16-19-3-4-19)24-15-37-40(17-24)10-9-30(35)43/h5-6,11-15,17,19,22,26,31H,3-4,7-10,16,18,36H2,1-2H3,(H2,35,43)/t22?,26?,31-/m1/s1. The summed E-state index contributed by atoms with van der Waals surface area (Å²) in [5, 5.41) is 5.56. The number of aryl methyl sites for hydroxylation is 2. The molecule has 2 amide bonds. The molecule has 232 valence electrons. The van der Waals surface area contributed by atoms with Gasteiger partial charge < -0.3 is 30.2 Å². The number of hydrogen-bond acceptors (Lipinski definition) is 6. The van der Waals surface area contributed by atoms with Crippen molar-refractivity contribution in [3.63, 3.8) is 0 Å². The highest BCUT2D eigenvalue weighted by Gasteiger charge is 2.47. The predicted molar refractivity (Wildman–Crippen MR) is 171 cm³/mol. The highest BCUT2D eigenvalue weighted by molar-refractivity contribution is 6.00. The maximum atomic E-state index is 13.7. The first-order chi connectivity index (χ1) is 21.8. The number of likely N-dealkylation sites (tertiary alicyclic amines) is 1. The molecule has 0 radical (unpaired) electrons. The molecule has 2 unspecified atom stereocenters. The fourth-order valence-electron chi connectivity index (χ4n) is 7.50. The average Bonchev–Trinajstić information content (AvgIpc) is 3.34. The Bertz CT molecular complexity index is 1980. The zero-order chi connectivity index (χ0) is 31.0. The van der Waals surface area contributed by atoms with Crippen LogP contribution < -0.4 is 16.2 Å². The molecular weight excluding hydrogens is 568 g/mol. The number of nitrogens with zero attached hydrogens (tertiary/aromatic N) is 6. The summed E-state index contributed by atoms with van der Waals surface area (Å²) in [4.78, 5) is 32.1. The molecule has 2 aliphatic carbocycles. The molecule has 2 saturated carbocycles. The van der Waals surface area contributed by atoms with Gasteiger partial charge in [0.2, 0.25) is 5.91 Å². The van der Waals surface area contributed by atoms with E-state index >= 15 is 0 Å². The zero-order valence-electron chi connectivity index (χ0n) is 25.6. The Balaban J connectivity index is 1.19. The van der Waals surface area contributed by atoms with Crippen LogP contribution in [0, 0.1) is 11.8 Å². The number of aromatic nitrogens is 5. The van der Waals surface area contributed by atoms with Crippen LogP contribution in [0.4, 0.5) is 0 Å². The maximum Gasteiger partial charge on any atom is 0.254 e. The molecule has 11 nitrogen and oxygen atoms in total. The quantitative estimate of drug-likeness (QED) is 0.261. The van der Waals surface area contributed by atoms with E-state index in [0.717, 1.165) is 70.5 Å². The Hall–Kier alpha value is -4.64. The summed E-state index contributed by atoms with van der Waals surface area (Å²) >= 11 is 0. The fourth-order valence-corrected chi connectivity index (χ4v) is 7.50. The van der Waals surface area contributed by atoms with Crippen molar-refractivity contribution in [1.29, 1.82) is 0 Å². The third-order valence-electron chi connectivity index (χ3n) is 10.1. The van der Waals surface area contributed by atoms with Crippen LogP contribution in [0.3, 0.4) is 0 Å². The van der Waals surface area contributed by atoms with E-state index in [1.54, 1.807) is 11.8 Å². The lowest BCUT2D eigenvalue weighted by Gasteiger charge is -2.27. The van der Waals surface area contributed by atoms with Gasteiger partial charge in [-0.25, -0.2) is 4.98 Å². The van der Waals surface area contributed by atoms with E-state index in [-0.39, 0.29) is 30.3 Å². The number of benzene rings is 2. The lowest BCUT2D eigenvalue weighted by Crippen LogP contribution is -2.41. The maximum absolute atomic E-state index is 13.7. The largest absolute Gasteiger partial charge is 0.494 e. The zero-order valence-corrected chi connectivity index (χ0v) is 25.6. The smallest absolute Gasteiger partial charge is 0.254 e. The van der Waals surface area contributed by atoms with Gasteiger partial charge in [-0.05, 0) is 67.3 Å². The third kappa shape index (κ3) is 4.68. The van der Waals surface area contributed by atoms with Crippen LogP contribution in [0.5, 0.6) is 5.75 Å². The van der Waals surface area contributed by atoms with Crippen LogP contribution in [-0.2, 0) is 24.9 Å². The molecular formula is C34H38N8O3. The molecule has 5 aromatic rings. The van der Waals surface area contributed by atoms with Crippen LogP contribution in [0.25, 0.3) is 44.6 Å². The number of amides is 2. The topological polar surface area (TPSA) is 139 Å². The van der Waals surface area contributed by atoms with Gasteiger partial charge >= 0.3 is 0 Å². The van der Waals surface area contributed by atoms with Gasteiger partial charge in [-0.1, -0.05) is 12.1 Å². The third-order valence-corrected chi connectivity index (χ3v) is 10.1. The van der Waals surface area contributed by atoms with Gasteiger partial charge in [-0.3, -0.25) is 14.3 Å². The Labute approximate surface area is 260 Å². The number of nitrogens with two attached hydrogens (primary N) is 2. The average molecular weight is 607 g/mol. The molecule has 3 aromatic heterocycles. The number of fused-ring (bicyclic) bond motifs is 4. The number of carbonyl (C=O) groups is 2. The number of methoxy groups -OCH3 is 1. The highest BCUT2D eigenvalue weighted by Crippen LogP contribution is 2.40. The molecule has 2 bridgehead atoms. The van der Waals surface area contributed by atoms with E-state index in [4.69, 9.17) is 21.2 Å². The Morgan fingerprint density at radius 2 is 1.91 bits per heavy atom.